The highest BCUT2D eigenvalue weighted by Crippen LogP contribution is 2.11. The first kappa shape index (κ1) is 15.4. The molecule has 0 spiro atoms. The minimum Gasteiger partial charge on any atom is -0.343 e. The highest BCUT2D eigenvalue weighted by Gasteiger charge is 2.18. The quantitative estimate of drug-likeness (QED) is 0.928. The van der Waals surface area contributed by atoms with Crippen LogP contribution in [-0.4, -0.2) is 36.3 Å². The monoisotopic (exact) mass is 296 g/mol. The molecule has 0 atom stereocenters. The van der Waals surface area contributed by atoms with Gasteiger partial charge < -0.3 is 10.2 Å². The first-order valence-electron chi connectivity index (χ1n) is 7.09. The van der Waals surface area contributed by atoms with Crippen LogP contribution in [0.15, 0.2) is 18.2 Å². The Hall–Kier alpha value is -1.98. The summed E-state index contributed by atoms with van der Waals surface area (Å²) >= 11 is 0. The van der Waals surface area contributed by atoms with Crippen LogP contribution >= 0.6 is 0 Å². The maximum absolute atomic E-state index is 13.4. The van der Waals surface area contributed by atoms with Crippen molar-refractivity contribution < 1.29 is 18.4 Å². The molecule has 1 aromatic carbocycles. The summed E-state index contributed by atoms with van der Waals surface area (Å²) in [6.45, 7) is 1.22. The number of nitrogens with zero attached hydrogens (tertiary/aromatic N) is 1. The van der Waals surface area contributed by atoms with Crippen molar-refractivity contribution in [2.45, 2.75) is 25.7 Å². The summed E-state index contributed by atoms with van der Waals surface area (Å²) < 4.78 is 26.2. The van der Waals surface area contributed by atoms with Crippen LogP contribution in [0, 0.1) is 11.6 Å². The molecule has 1 aromatic rings. The molecule has 4 nitrogen and oxygen atoms in total. The number of hydrogen-bond acceptors (Lipinski definition) is 2. The topological polar surface area (TPSA) is 49.4 Å². The first-order chi connectivity index (χ1) is 10.1. The average Bonchev–Trinajstić information content (AvgIpc) is 2.73. The van der Waals surface area contributed by atoms with E-state index in [0.717, 1.165) is 37.8 Å². The Morgan fingerprint density at radius 3 is 2.38 bits per heavy atom. The number of carbonyl (C=O) groups is 2. The molecular weight excluding hydrogens is 278 g/mol. The Balaban J connectivity index is 1.89. The predicted molar refractivity (Wildman–Crippen MR) is 73.7 cm³/mol. The van der Waals surface area contributed by atoms with Crippen molar-refractivity contribution in [1.82, 2.24) is 10.2 Å². The Labute approximate surface area is 122 Å². The molecule has 1 N–H and O–H groups in total. The molecule has 0 aliphatic carbocycles. The largest absolute Gasteiger partial charge is 0.343 e. The minimum absolute atomic E-state index is 0.171. The van der Waals surface area contributed by atoms with Crippen molar-refractivity contribution in [3.8, 4) is 0 Å². The SMILES string of the molecule is O=C(NCC(=O)N1CCCCCC1)c1ccc(F)cc1F. The van der Waals surface area contributed by atoms with E-state index in [0.29, 0.717) is 19.2 Å². The van der Waals surface area contributed by atoms with E-state index in [9.17, 15) is 18.4 Å². The van der Waals surface area contributed by atoms with E-state index in [1.165, 1.54) is 0 Å². The number of rotatable bonds is 3. The second-order valence-electron chi connectivity index (χ2n) is 5.10. The van der Waals surface area contributed by atoms with Crippen molar-refractivity contribution in [3.63, 3.8) is 0 Å². The lowest BCUT2D eigenvalue weighted by Crippen LogP contribution is -2.40. The zero-order valence-corrected chi connectivity index (χ0v) is 11.7. The molecule has 1 fully saturated rings. The average molecular weight is 296 g/mol. The van der Waals surface area contributed by atoms with Gasteiger partial charge in [0.05, 0.1) is 12.1 Å². The summed E-state index contributed by atoms with van der Waals surface area (Å²) in [7, 11) is 0. The van der Waals surface area contributed by atoms with E-state index in [1.807, 2.05) is 0 Å². The number of halogens is 2. The first-order valence-corrected chi connectivity index (χ1v) is 7.09. The molecule has 2 rings (SSSR count). The molecule has 1 saturated heterocycles. The number of nitrogens with one attached hydrogen (secondary N) is 1. The van der Waals surface area contributed by atoms with Crippen LogP contribution in [0.1, 0.15) is 36.0 Å². The van der Waals surface area contributed by atoms with E-state index >= 15 is 0 Å². The van der Waals surface area contributed by atoms with Crippen LogP contribution in [0.3, 0.4) is 0 Å². The standard InChI is InChI=1S/C15H18F2N2O2/c16-11-5-6-12(13(17)9-11)15(21)18-10-14(20)19-7-3-1-2-4-8-19/h5-6,9H,1-4,7-8,10H2,(H,18,21). The molecule has 1 heterocycles. The van der Waals surface area contributed by atoms with Gasteiger partial charge in [-0.3, -0.25) is 9.59 Å². The molecule has 114 valence electrons. The fraction of sp³-hybridized carbons (Fsp3) is 0.467. The molecule has 6 heteroatoms. The van der Waals surface area contributed by atoms with Gasteiger partial charge in [0.15, 0.2) is 0 Å². The fourth-order valence-electron chi connectivity index (χ4n) is 2.36. The maximum atomic E-state index is 13.4. The third-order valence-electron chi connectivity index (χ3n) is 3.53. The molecule has 0 unspecified atom stereocenters. The molecule has 0 aromatic heterocycles. The van der Waals surface area contributed by atoms with Crippen LogP contribution in [0.4, 0.5) is 8.78 Å². The predicted octanol–water partition coefficient (Wildman–Crippen LogP) is 2.10. The fourth-order valence-corrected chi connectivity index (χ4v) is 2.36. The van der Waals surface area contributed by atoms with Crippen LogP contribution in [0.5, 0.6) is 0 Å². The van der Waals surface area contributed by atoms with Crippen LogP contribution in [0.2, 0.25) is 0 Å². The number of benzene rings is 1. The molecule has 0 saturated carbocycles. The van der Waals surface area contributed by atoms with Crippen LogP contribution < -0.4 is 5.32 Å². The van der Waals surface area contributed by atoms with Crippen molar-refractivity contribution in [2.24, 2.45) is 0 Å². The van der Waals surface area contributed by atoms with Gasteiger partial charge in [0.1, 0.15) is 11.6 Å². The summed E-state index contributed by atoms with van der Waals surface area (Å²) in [5.74, 6) is -2.57. The Morgan fingerprint density at radius 1 is 1.10 bits per heavy atom. The van der Waals surface area contributed by atoms with Crippen molar-refractivity contribution in [2.75, 3.05) is 19.6 Å². The van der Waals surface area contributed by atoms with E-state index in [2.05, 4.69) is 5.32 Å². The highest BCUT2D eigenvalue weighted by atomic mass is 19.1. The van der Waals surface area contributed by atoms with Gasteiger partial charge in [-0.2, -0.15) is 0 Å². The van der Waals surface area contributed by atoms with Crippen LogP contribution in [-0.2, 0) is 4.79 Å². The van der Waals surface area contributed by atoms with Crippen LogP contribution in [0.25, 0.3) is 0 Å². The Kier molecular flexibility index (Phi) is 5.25. The molecule has 21 heavy (non-hydrogen) atoms. The van der Waals surface area contributed by atoms with Gasteiger partial charge in [-0.05, 0) is 25.0 Å². The lowest BCUT2D eigenvalue weighted by Gasteiger charge is -2.20. The number of amides is 2. The molecule has 0 bridgehead atoms. The molecule has 2 amide bonds. The van der Waals surface area contributed by atoms with Gasteiger partial charge >= 0.3 is 0 Å². The van der Waals surface area contributed by atoms with Gasteiger partial charge in [-0.25, -0.2) is 8.78 Å². The van der Waals surface area contributed by atoms with Crippen molar-refractivity contribution in [3.05, 3.63) is 35.4 Å². The smallest absolute Gasteiger partial charge is 0.254 e. The summed E-state index contributed by atoms with van der Waals surface area (Å²) in [5, 5.41) is 2.38. The van der Waals surface area contributed by atoms with Crippen molar-refractivity contribution in [1.29, 1.82) is 0 Å². The highest BCUT2D eigenvalue weighted by molar-refractivity contribution is 5.96. The van der Waals surface area contributed by atoms with Gasteiger partial charge in [-0.1, -0.05) is 12.8 Å². The minimum atomic E-state index is -0.935. The Morgan fingerprint density at radius 2 is 1.76 bits per heavy atom. The molecular formula is C15H18F2N2O2. The normalized spacial score (nSPS) is 15.4. The van der Waals surface area contributed by atoms with E-state index < -0.39 is 17.5 Å². The lowest BCUT2D eigenvalue weighted by atomic mass is 10.2. The Bertz CT molecular complexity index is 526. The van der Waals surface area contributed by atoms with Gasteiger partial charge in [0.25, 0.3) is 5.91 Å². The second-order valence-corrected chi connectivity index (χ2v) is 5.10. The summed E-state index contributed by atoms with van der Waals surface area (Å²) in [4.78, 5) is 25.5. The van der Waals surface area contributed by atoms with Crippen molar-refractivity contribution >= 4 is 11.8 Å². The van der Waals surface area contributed by atoms with Gasteiger partial charge in [0, 0.05) is 19.2 Å². The third kappa shape index (κ3) is 4.24. The van der Waals surface area contributed by atoms with Gasteiger partial charge in [0.2, 0.25) is 5.91 Å². The van der Waals surface area contributed by atoms with E-state index in [1.54, 1.807) is 4.90 Å². The zero-order valence-electron chi connectivity index (χ0n) is 11.7. The molecule has 1 aliphatic heterocycles. The van der Waals surface area contributed by atoms with E-state index in [4.69, 9.17) is 0 Å². The number of likely N-dealkylation sites (tertiary alicyclic amines) is 1. The third-order valence-corrected chi connectivity index (χ3v) is 3.53. The number of carbonyl (C=O) groups excluding carboxylic acids is 2. The second kappa shape index (κ2) is 7.15. The van der Waals surface area contributed by atoms with E-state index in [-0.39, 0.29) is 18.0 Å². The molecule has 0 radical (unpaired) electrons. The maximum Gasteiger partial charge on any atom is 0.254 e. The number of hydrogen-bond donors (Lipinski definition) is 1. The summed E-state index contributed by atoms with van der Waals surface area (Å²) in [6.07, 6.45) is 4.15. The summed E-state index contributed by atoms with van der Waals surface area (Å²) in [6, 6.07) is 2.72. The molecule has 1 aliphatic rings. The lowest BCUT2D eigenvalue weighted by molar-refractivity contribution is -0.130. The zero-order chi connectivity index (χ0) is 15.2. The summed E-state index contributed by atoms with van der Waals surface area (Å²) in [5.41, 5.74) is -0.264. The van der Waals surface area contributed by atoms with Gasteiger partial charge in [-0.15, -0.1) is 0 Å².